The molecule has 10 nitrogen and oxygen atoms in total. The number of carbonyl (C=O) groups excluding carboxylic acids is 2. The fourth-order valence-corrected chi connectivity index (χ4v) is 3.29. The van der Waals surface area contributed by atoms with Crippen LogP contribution in [0.2, 0.25) is 0 Å². The highest BCUT2D eigenvalue weighted by Crippen LogP contribution is 2.22. The summed E-state index contributed by atoms with van der Waals surface area (Å²) < 4.78 is 6.47. The highest BCUT2D eigenvalue weighted by molar-refractivity contribution is 7.12. The number of anilines is 1. The molecule has 0 spiro atoms. The van der Waals surface area contributed by atoms with Crippen molar-refractivity contribution < 1.29 is 14.3 Å². The van der Waals surface area contributed by atoms with Crippen molar-refractivity contribution in [3.63, 3.8) is 0 Å². The first-order chi connectivity index (χ1) is 15.2. The Labute approximate surface area is 180 Å². The third-order valence-electron chi connectivity index (χ3n) is 3.95. The van der Waals surface area contributed by atoms with Gasteiger partial charge in [0.15, 0.2) is 6.61 Å². The summed E-state index contributed by atoms with van der Waals surface area (Å²) in [6.07, 6.45) is 1.37. The lowest BCUT2D eigenvalue weighted by Gasteiger charge is -2.07. The molecule has 4 aromatic rings. The third-order valence-corrected chi connectivity index (χ3v) is 4.83. The van der Waals surface area contributed by atoms with Crippen LogP contribution >= 0.6 is 11.3 Å². The lowest BCUT2D eigenvalue weighted by Crippen LogP contribution is -2.21. The molecular formula is C20H15N7O3S. The van der Waals surface area contributed by atoms with Crippen LogP contribution in [0.15, 0.2) is 82.6 Å². The minimum absolute atomic E-state index is 0.299. The van der Waals surface area contributed by atoms with Crippen molar-refractivity contribution in [2.45, 2.75) is 0 Å². The van der Waals surface area contributed by atoms with E-state index in [-0.39, 0.29) is 0 Å². The van der Waals surface area contributed by atoms with Gasteiger partial charge in [-0.1, -0.05) is 18.2 Å². The Kier molecular flexibility index (Phi) is 6.14. The topological polar surface area (TPSA) is 124 Å². The molecule has 0 saturated carbocycles. The van der Waals surface area contributed by atoms with Crippen molar-refractivity contribution in [1.82, 2.24) is 20.2 Å². The van der Waals surface area contributed by atoms with Crippen molar-refractivity contribution >= 4 is 40.3 Å². The molecule has 0 aliphatic rings. The van der Waals surface area contributed by atoms with Gasteiger partial charge in [0.05, 0.1) is 17.1 Å². The van der Waals surface area contributed by atoms with Crippen LogP contribution in [0.1, 0.15) is 9.67 Å². The average molecular weight is 433 g/mol. The number of tetrazole rings is 1. The molecule has 0 fully saturated rings. The predicted molar refractivity (Wildman–Crippen MR) is 113 cm³/mol. The van der Waals surface area contributed by atoms with Gasteiger partial charge in [0, 0.05) is 5.69 Å². The molecule has 0 aliphatic carbocycles. The summed E-state index contributed by atoms with van der Waals surface area (Å²) in [5.74, 6) is -1.10. The van der Waals surface area contributed by atoms with Gasteiger partial charge in [-0.2, -0.15) is 14.9 Å². The summed E-state index contributed by atoms with van der Waals surface area (Å²) in [6, 6.07) is 17.9. The maximum absolute atomic E-state index is 12.3. The standard InChI is InChI=1S/C20H15N7O3S/c28-18(12-30-20(29)19-17(10-11-31-19)27-13-21-25-26-27)22-14-6-8-16(9-7-14)24-23-15-4-2-1-3-5-15/h1-11,13H,12H2,(H,22,28). The molecule has 1 N–H and O–H groups in total. The molecule has 2 aromatic carbocycles. The first-order valence-corrected chi connectivity index (χ1v) is 9.92. The number of ether oxygens (including phenoxy) is 1. The molecule has 1 amide bonds. The predicted octanol–water partition coefficient (Wildman–Crippen LogP) is 3.93. The first-order valence-electron chi connectivity index (χ1n) is 9.04. The summed E-state index contributed by atoms with van der Waals surface area (Å²) in [4.78, 5) is 24.7. The molecule has 4 rings (SSSR count). The molecule has 0 saturated heterocycles. The summed E-state index contributed by atoms with van der Waals surface area (Å²) >= 11 is 1.17. The number of nitrogens with one attached hydrogen (secondary N) is 1. The Morgan fingerprint density at radius 1 is 1.00 bits per heavy atom. The minimum Gasteiger partial charge on any atom is -0.451 e. The lowest BCUT2D eigenvalue weighted by molar-refractivity contribution is -0.119. The fourth-order valence-electron chi connectivity index (χ4n) is 2.52. The molecule has 11 heteroatoms. The van der Waals surface area contributed by atoms with Crippen LogP contribution in [-0.2, 0) is 9.53 Å². The molecular weight excluding hydrogens is 418 g/mol. The summed E-state index contributed by atoms with van der Waals surface area (Å²) in [7, 11) is 0. The van der Waals surface area contributed by atoms with E-state index in [0.717, 1.165) is 5.69 Å². The Hall–Kier alpha value is -4.25. The van der Waals surface area contributed by atoms with Crippen molar-refractivity contribution in [2.24, 2.45) is 10.2 Å². The van der Waals surface area contributed by atoms with Crippen LogP contribution < -0.4 is 5.32 Å². The van der Waals surface area contributed by atoms with E-state index in [1.54, 1.807) is 35.7 Å². The number of benzene rings is 2. The van der Waals surface area contributed by atoms with Gasteiger partial charge in [-0.05, 0) is 58.3 Å². The summed E-state index contributed by atoms with van der Waals surface area (Å²) in [5, 5.41) is 23.5. The average Bonchev–Trinajstić information content (AvgIpc) is 3.49. The van der Waals surface area contributed by atoms with Crippen molar-refractivity contribution in [3.8, 4) is 5.69 Å². The highest BCUT2D eigenvalue weighted by atomic mass is 32.1. The molecule has 2 heterocycles. The number of hydrogen-bond acceptors (Lipinski definition) is 9. The third kappa shape index (κ3) is 5.22. The molecule has 2 aromatic heterocycles. The van der Waals surface area contributed by atoms with Gasteiger partial charge in [-0.15, -0.1) is 16.4 Å². The van der Waals surface area contributed by atoms with Gasteiger partial charge in [0.1, 0.15) is 11.2 Å². The monoisotopic (exact) mass is 433 g/mol. The van der Waals surface area contributed by atoms with Gasteiger partial charge < -0.3 is 10.1 Å². The first kappa shape index (κ1) is 20.0. The van der Waals surface area contributed by atoms with Gasteiger partial charge in [-0.3, -0.25) is 4.79 Å². The number of carbonyl (C=O) groups is 2. The van der Waals surface area contributed by atoms with Crippen LogP contribution in [0.4, 0.5) is 17.1 Å². The Balaban J connectivity index is 1.30. The van der Waals surface area contributed by atoms with Crippen molar-refractivity contribution in [3.05, 3.63) is 77.2 Å². The van der Waals surface area contributed by atoms with Crippen molar-refractivity contribution in [2.75, 3.05) is 11.9 Å². The van der Waals surface area contributed by atoms with E-state index in [2.05, 4.69) is 31.1 Å². The maximum Gasteiger partial charge on any atom is 0.351 e. The second-order valence-electron chi connectivity index (χ2n) is 6.10. The summed E-state index contributed by atoms with van der Waals surface area (Å²) in [6.45, 7) is -0.429. The number of esters is 1. The van der Waals surface area contributed by atoms with Gasteiger partial charge in [-0.25, -0.2) is 4.79 Å². The molecule has 154 valence electrons. The van der Waals surface area contributed by atoms with Gasteiger partial charge in [0.25, 0.3) is 5.91 Å². The number of rotatable bonds is 7. The van der Waals surface area contributed by atoms with Crippen LogP contribution in [0.25, 0.3) is 5.69 Å². The zero-order valence-corrected chi connectivity index (χ0v) is 16.8. The number of azo groups is 1. The van der Waals surface area contributed by atoms with E-state index in [0.29, 0.717) is 21.9 Å². The Morgan fingerprint density at radius 2 is 1.74 bits per heavy atom. The highest BCUT2D eigenvalue weighted by Gasteiger charge is 2.18. The quantitative estimate of drug-likeness (QED) is 0.348. The lowest BCUT2D eigenvalue weighted by atomic mass is 10.3. The zero-order valence-electron chi connectivity index (χ0n) is 16.0. The van der Waals surface area contributed by atoms with E-state index < -0.39 is 18.5 Å². The van der Waals surface area contributed by atoms with E-state index in [4.69, 9.17) is 4.74 Å². The molecule has 0 radical (unpaired) electrons. The van der Waals surface area contributed by atoms with Crippen LogP contribution in [0.3, 0.4) is 0 Å². The molecule has 0 atom stereocenters. The minimum atomic E-state index is -0.632. The van der Waals surface area contributed by atoms with Crippen molar-refractivity contribution in [1.29, 1.82) is 0 Å². The second-order valence-corrected chi connectivity index (χ2v) is 7.01. The van der Waals surface area contributed by atoms with Crippen LogP contribution in [-0.4, -0.2) is 38.7 Å². The number of amides is 1. The van der Waals surface area contributed by atoms with Gasteiger partial charge in [0.2, 0.25) is 0 Å². The van der Waals surface area contributed by atoms with E-state index in [1.807, 2.05) is 30.3 Å². The number of hydrogen-bond donors (Lipinski definition) is 1. The smallest absolute Gasteiger partial charge is 0.351 e. The van der Waals surface area contributed by atoms with Crippen LogP contribution in [0, 0.1) is 0 Å². The van der Waals surface area contributed by atoms with Crippen LogP contribution in [0.5, 0.6) is 0 Å². The summed E-state index contributed by atoms with van der Waals surface area (Å²) in [5.41, 5.74) is 2.42. The largest absolute Gasteiger partial charge is 0.451 e. The normalized spacial score (nSPS) is 10.8. The van der Waals surface area contributed by atoms with E-state index >= 15 is 0 Å². The fraction of sp³-hybridized carbons (Fsp3) is 0.0500. The van der Waals surface area contributed by atoms with E-state index in [9.17, 15) is 9.59 Å². The number of nitrogens with zero attached hydrogens (tertiary/aromatic N) is 6. The zero-order chi connectivity index (χ0) is 21.5. The molecule has 0 aliphatic heterocycles. The molecule has 0 unspecified atom stereocenters. The maximum atomic E-state index is 12.3. The Bertz CT molecular complexity index is 1190. The van der Waals surface area contributed by atoms with Gasteiger partial charge >= 0.3 is 5.97 Å². The number of aromatic nitrogens is 4. The molecule has 31 heavy (non-hydrogen) atoms. The number of thiophene rings is 1. The van der Waals surface area contributed by atoms with E-state index in [1.165, 1.54) is 22.3 Å². The molecule has 0 bridgehead atoms. The second kappa shape index (κ2) is 9.50. The SMILES string of the molecule is O=C(COC(=O)c1sccc1-n1cnnn1)Nc1ccc(N=Nc2ccccc2)cc1. The Morgan fingerprint density at radius 3 is 2.45 bits per heavy atom.